The standard InChI is InChI=1S/C29H43O7PS/c1-4-14-25-17-10-11-21-28(25)35-27-20-12-15-24(23-27)16-13-22-29(37(30,33-5-2)34-6-3)38(31,32)36-26-18-8-7-9-19-26/h10-12,15,17,20-21,23,26,29H,4-9,13-14,16,18-19,22H2,1-3H3. The van der Waals surface area contributed by atoms with Crippen molar-refractivity contribution in [1.82, 2.24) is 0 Å². The van der Waals surface area contributed by atoms with Gasteiger partial charge in [-0.3, -0.25) is 8.75 Å². The molecule has 0 heterocycles. The van der Waals surface area contributed by atoms with E-state index in [1.165, 1.54) is 0 Å². The van der Waals surface area contributed by atoms with Crippen LogP contribution in [-0.2, 0) is 40.8 Å². The second-order valence-corrected chi connectivity index (χ2v) is 14.0. The zero-order valence-corrected chi connectivity index (χ0v) is 24.7. The van der Waals surface area contributed by atoms with Gasteiger partial charge in [-0.15, -0.1) is 0 Å². The van der Waals surface area contributed by atoms with Gasteiger partial charge in [-0.25, -0.2) is 0 Å². The number of ether oxygens (including phenoxy) is 1. The summed E-state index contributed by atoms with van der Waals surface area (Å²) in [6.45, 7) is 5.68. The molecule has 0 aromatic heterocycles. The van der Waals surface area contributed by atoms with Gasteiger partial charge in [0.2, 0.25) is 0 Å². The zero-order valence-electron chi connectivity index (χ0n) is 23.0. The molecule has 1 unspecified atom stereocenters. The molecule has 1 fully saturated rings. The highest BCUT2D eigenvalue weighted by Crippen LogP contribution is 2.57. The molecule has 0 bridgehead atoms. The Bertz CT molecular complexity index is 1140. The molecule has 7 nitrogen and oxygen atoms in total. The third kappa shape index (κ3) is 8.92. The summed E-state index contributed by atoms with van der Waals surface area (Å²) in [5.74, 6) is 1.57. The first-order valence-electron chi connectivity index (χ1n) is 14.0. The normalized spacial score (nSPS) is 15.9. The van der Waals surface area contributed by atoms with Crippen molar-refractivity contribution in [2.45, 2.75) is 96.1 Å². The van der Waals surface area contributed by atoms with E-state index in [9.17, 15) is 13.0 Å². The zero-order chi connectivity index (χ0) is 27.4. The predicted molar refractivity (Wildman–Crippen MR) is 151 cm³/mol. The topological polar surface area (TPSA) is 88.1 Å². The lowest BCUT2D eigenvalue weighted by atomic mass is 9.98. The summed E-state index contributed by atoms with van der Waals surface area (Å²) in [5.41, 5.74) is 2.16. The predicted octanol–water partition coefficient (Wildman–Crippen LogP) is 8.03. The third-order valence-electron chi connectivity index (χ3n) is 6.66. The van der Waals surface area contributed by atoms with Crippen molar-refractivity contribution in [3.05, 3.63) is 59.7 Å². The van der Waals surface area contributed by atoms with Crippen LogP contribution in [0.25, 0.3) is 0 Å². The highest BCUT2D eigenvalue weighted by molar-refractivity contribution is 7.94. The molecule has 3 rings (SSSR count). The summed E-state index contributed by atoms with van der Waals surface area (Å²) >= 11 is 0. The third-order valence-corrected chi connectivity index (χ3v) is 11.9. The lowest BCUT2D eigenvalue weighted by molar-refractivity contribution is 0.158. The first kappa shape index (κ1) is 30.8. The van der Waals surface area contributed by atoms with E-state index < -0.39 is 22.7 Å². The Kier molecular flexibility index (Phi) is 12.3. The average Bonchev–Trinajstić information content (AvgIpc) is 2.88. The number of hydrogen-bond acceptors (Lipinski definition) is 7. The van der Waals surface area contributed by atoms with Gasteiger partial charge < -0.3 is 13.8 Å². The van der Waals surface area contributed by atoms with Gasteiger partial charge in [-0.2, -0.15) is 8.42 Å². The summed E-state index contributed by atoms with van der Waals surface area (Å²) in [5, 5.41) is 0. The number of benzene rings is 2. The van der Waals surface area contributed by atoms with E-state index in [-0.39, 0.29) is 25.7 Å². The Morgan fingerprint density at radius 3 is 2.32 bits per heavy atom. The van der Waals surface area contributed by atoms with Crippen LogP contribution in [0.4, 0.5) is 0 Å². The van der Waals surface area contributed by atoms with Gasteiger partial charge in [0, 0.05) is 0 Å². The number of hydrogen-bond donors (Lipinski definition) is 0. The maximum Gasteiger partial charge on any atom is 0.351 e. The molecule has 9 heteroatoms. The molecule has 1 aliphatic carbocycles. The van der Waals surface area contributed by atoms with Crippen LogP contribution < -0.4 is 4.74 Å². The van der Waals surface area contributed by atoms with Crippen LogP contribution in [0.1, 0.15) is 83.3 Å². The molecule has 1 saturated carbocycles. The van der Waals surface area contributed by atoms with Gasteiger partial charge in [0.05, 0.1) is 19.3 Å². The molecular formula is C29H43O7PS. The van der Waals surface area contributed by atoms with Gasteiger partial charge in [-0.1, -0.05) is 62.9 Å². The van der Waals surface area contributed by atoms with Crippen molar-refractivity contribution >= 4 is 17.7 Å². The lowest BCUT2D eigenvalue weighted by Gasteiger charge is -2.28. The molecule has 2 aromatic rings. The van der Waals surface area contributed by atoms with Gasteiger partial charge in [0.15, 0.2) is 4.99 Å². The van der Waals surface area contributed by atoms with Crippen LogP contribution in [0.3, 0.4) is 0 Å². The van der Waals surface area contributed by atoms with E-state index in [0.717, 1.165) is 54.7 Å². The summed E-state index contributed by atoms with van der Waals surface area (Å²) in [6.07, 6.45) is 7.07. The van der Waals surface area contributed by atoms with E-state index in [1.807, 2.05) is 42.5 Å². The molecule has 0 N–H and O–H groups in total. The number of rotatable bonds is 16. The summed E-state index contributed by atoms with van der Waals surface area (Å²) < 4.78 is 63.2. The van der Waals surface area contributed by atoms with Crippen molar-refractivity contribution in [1.29, 1.82) is 0 Å². The number of para-hydroxylation sites is 1. The second kappa shape index (κ2) is 15.2. The van der Waals surface area contributed by atoms with Crippen molar-refractivity contribution in [2.24, 2.45) is 0 Å². The second-order valence-electron chi connectivity index (χ2n) is 9.68. The van der Waals surface area contributed by atoms with Crippen LogP contribution in [0, 0.1) is 0 Å². The molecular weight excluding hydrogens is 523 g/mol. The van der Waals surface area contributed by atoms with E-state index in [2.05, 4.69) is 13.0 Å². The molecule has 0 spiro atoms. The van der Waals surface area contributed by atoms with Gasteiger partial charge >= 0.3 is 7.60 Å². The van der Waals surface area contributed by atoms with Crippen LogP contribution in [0.15, 0.2) is 48.5 Å². The van der Waals surface area contributed by atoms with Gasteiger partial charge in [-0.05, 0) is 81.7 Å². The maximum absolute atomic E-state index is 13.7. The minimum atomic E-state index is -4.18. The van der Waals surface area contributed by atoms with Crippen molar-refractivity contribution in [2.75, 3.05) is 13.2 Å². The molecule has 38 heavy (non-hydrogen) atoms. The minimum Gasteiger partial charge on any atom is -0.457 e. The van der Waals surface area contributed by atoms with E-state index in [1.54, 1.807) is 13.8 Å². The van der Waals surface area contributed by atoms with Gasteiger partial charge in [0.1, 0.15) is 11.5 Å². The Labute approximate surface area is 228 Å². The van der Waals surface area contributed by atoms with Crippen LogP contribution in [0.2, 0.25) is 0 Å². The van der Waals surface area contributed by atoms with Crippen LogP contribution in [0.5, 0.6) is 11.5 Å². The summed E-state index contributed by atoms with van der Waals surface area (Å²) in [7, 11) is -8.12. The first-order chi connectivity index (χ1) is 18.3. The fraction of sp³-hybridized carbons (Fsp3) is 0.586. The highest BCUT2D eigenvalue weighted by atomic mass is 32.2. The fourth-order valence-corrected chi connectivity index (χ4v) is 9.45. The van der Waals surface area contributed by atoms with E-state index >= 15 is 0 Å². The van der Waals surface area contributed by atoms with Gasteiger partial charge in [0.25, 0.3) is 10.1 Å². The maximum atomic E-state index is 13.7. The highest BCUT2D eigenvalue weighted by Gasteiger charge is 2.46. The number of aryl methyl sites for hydroxylation is 2. The summed E-state index contributed by atoms with van der Waals surface area (Å²) in [6, 6.07) is 15.8. The molecule has 0 radical (unpaired) electrons. The van der Waals surface area contributed by atoms with Crippen molar-refractivity contribution < 1.29 is 31.0 Å². The molecule has 0 aliphatic heterocycles. The fourth-order valence-electron chi connectivity index (χ4n) is 4.89. The molecule has 1 aliphatic rings. The molecule has 212 valence electrons. The Hall–Kier alpha value is -1.70. The SMILES string of the molecule is CCCc1ccccc1Oc1cccc(CCCC(P(=O)(OCC)OCC)S(=O)(=O)OC2CCCCC2)c1. The lowest BCUT2D eigenvalue weighted by Crippen LogP contribution is -2.31. The Morgan fingerprint density at radius 2 is 1.63 bits per heavy atom. The Balaban J connectivity index is 1.73. The van der Waals surface area contributed by atoms with E-state index in [0.29, 0.717) is 25.7 Å². The van der Waals surface area contributed by atoms with E-state index in [4.69, 9.17) is 18.0 Å². The first-order valence-corrected chi connectivity index (χ1v) is 17.0. The smallest absolute Gasteiger partial charge is 0.351 e. The Morgan fingerprint density at radius 1 is 0.921 bits per heavy atom. The quantitative estimate of drug-likeness (QED) is 0.150. The van der Waals surface area contributed by atoms with Crippen LogP contribution in [-0.4, -0.2) is 32.7 Å². The summed E-state index contributed by atoms with van der Waals surface area (Å²) in [4.78, 5) is -1.36. The average molecular weight is 567 g/mol. The molecule has 2 aromatic carbocycles. The molecule has 1 atom stereocenters. The van der Waals surface area contributed by atoms with Crippen LogP contribution >= 0.6 is 7.60 Å². The minimum absolute atomic E-state index is 0.0889. The molecule has 0 amide bonds. The largest absolute Gasteiger partial charge is 0.457 e. The van der Waals surface area contributed by atoms with Crippen molar-refractivity contribution in [3.8, 4) is 11.5 Å². The molecule has 0 saturated heterocycles. The van der Waals surface area contributed by atoms with Crippen molar-refractivity contribution in [3.63, 3.8) is 0 Å². The monoisotopic (exact) mass is 566 g/mol.